The van der Waals surface area contributed by atoms with E-state index in [2.05, 4.69) is 10.1 Å². The normalized spacial score (nSPS) is 20.3. The summed E-state index contributed by atoms with van der Waals surface area (Å²) >= 11 is 0. The van der Waals surface area contributed by atoms with E-state index < -0.39 is 0 Å². The zero-order valence-electron chi connectivity index (χ0n) is 13.3. The lowest BCUT2D eigenvalue weighted by Gasteiger charge is -2.06. The number of aromatic nitrogens is 3. The first-order valence-corrected chi connectivity index (χ1v) is 7.86. The van der Waals surface area contributed by atoms with E-state index in [1.807, 2.05) is 12.3 Å². The minimum atomic E-state index is -0.385. The molecule has 2 aliphatic carbocycles. The quantitative estimate of drug-likeness (QED) is 0.794. The van der Waals surface area contributed by atoms with Crippen molar-refractivity contribution >= 4 is 5.97 Å². The number of hydrogen-bond acceptors (Lipinski definition) is 5. The third-order valence-corrected chi connectivity index (χ3v) is 4.96. The Morgan fingerprint density at radius 1 is 1.39 bits per heavy atom. The fourth-order valence-corrected chi connectivity index (χ4v) is 3.14. The lowest BCUT2D eigenvalue weighted by atomic mass is 10.2. The highest BCUT2D eigenvalue weighted by Gasteiger charge is 2.62. The van der Waals surface area contributed by atoms with Crippen LogP contribution in [0.2, 0.25) is 0 Å². The average Bonchev–Trinajstić information content (AvgIpc) is 3.43. The molecule has 2 heterocycles. The molecule has 1 unspecified atom stereocenters. The van der Waals surface area contributed by atoms with Gasteiger partial charge in [-0.25, -0.2) is 14.5 Å². The summed E-state index contributed by atoms with van der Waals surface area (Å²) in [5, 5.41) is 4.40. The van der Waals surface area contributed by atoms with Crippen molar-refractivity contribution in [2.45, 2.75) is 26.2 Å². The molecule has 1 atom stereocenters. The maximum absolute atomic E-state index is 11.6. The maximum atomic E-state index is 11.6. The summed E-state index contributed by atoms with van der Waals surface area (Å²) in [6.07, 6.45) is 5.86. The fraction of sp³-hybridized carbons (Fsp3) is 0.471. The number of nitrogens with zero attached hydrogens (tertiary/aromatic N) is 3. The highest BCUT2D eigenvalue weighted by atomic mass is 16.5. The standard InChI is InChI=1S/C17H19N3O3/c1-11-13(16(21)22-2)3-4-14(18-11)20-8-5-15(19-20)23-10-12-9-17(12)6-7-17/h3-5,8,12H,6-7,9-10H2,1-2H3. The molecule has 1 spiro atoms. The van der Waals surface area contributed by atoms with E-state index in [1.165, 1.54) is 26.4 Å². The smallest absolute Gasteiger partial charge is 0.339 e. The second kappa shape index (κ2) is 5.08. The number of hydrogen-bond donors (Lipinski definition) is 0. The van der Waals surface area contributed by atoms with Gasteiger partial charge in [0.1, 0.15) is 0 Å². The molecule has 0 aliphatic heterocycles. The molecule has 4 rings (SSSR count). The van der Waals surface area contributed by atoms with Gasteiger partial charge in [-0.15, -0.1) is 5.10 Å². The molecular formula is C17H19N3O3. The molecule has 6 nitrogen and oxygen atoms in total. The van der Waals surface area contributed by atoms with Crippen molar-refractivity contribution in [1.29, 1.82) is 0 Å². The summed E-state index contributed by atoms with van der Waals surface area (Å²) in [6.45, 7) is 2.53. The lowest BCUT2D eigenvalue weighted by Crippen LogP contribution is -2.08. The Balaban J connectivity index is 1.45. The third-order valence-electron chi connectivity index (χ3n) is 4.96. The molecule has 2 aromatic rings. The van der Waals surface area contributed by atoms with E-state index >= 15 is 0 Å². The number of esters is 1. The molecule has 2 saturated carbocycles. The Morgan fingerprint density at radius 3 is 2.87 bits per heavy atom. The Morgan fingerprint density at radius 2 is 2.22 bits per heavy atom. The second-order valence-corrected chi connectivity index (χ2v) is 6.47. The third kappa shape index (κ3) is 2.58. The minimum absolute atomic E-state index is 0.385. The van der Waals surface area contributed by atoms with Crippen molar-refractivity contribution in [3.05, 3.63) is 35.7 Å². The molecule has 0 radical (unpaired) electrons. The highest BCUT2D eigenvalue weighted by molar-refractivity contribution is 5.90. The molecule has 2 aromatic heterocycles. The van der Waals surface area contributed by atoms with E-state index in [0.29, 0.717) is 34.3 Å². The molecule has 23 heavy (non-hydrogen) atoms. The Kier molecular flexibility index (Phi) is 3.14. The molecule has 0 saturated heterocycles. The number of carbonyl (C=O) groups excluding carboxylic acids is 1. The van der Waals surface area contributed by atoms with Crippen LogP contribution in [0.4, 0.5) is 0 Å². The number of aryl methyl sites for hydroxylation is 1. The Labute approximate surface area is 134 Å². The van der Waals surface area contributed by atoms with Crippen molar-refractivity contribution in [3.63, 3.8) is 0 Å². The number of ether oxygens (including phenoxy) is 2. The summed E-state index contributed by atoms with van der Waals surface area (Å²) in [6, 6.07) is 5.29. The predicted octanol–water partition coefficient (Wildman–Crippen LogP) is 2.54. The molecular weight excluding hydrogens is 294 g/mol. The monoisotopic (exact) mass is 313 g/mol. The molecule has 0 N–H and O–H groups in total. The molecule has 6 heteroatoms. The van der Waals surface area contributed by atoms with Crippen LogP contribution in [-0.2, 0) is 4.74 Å². The van der Waals surface area contributed by atoms with Gasteiger partial charge >= 0.3 is 5.97 Å². The first-order valence-electron chi connectivity index (χ1n) is 7.86. The van der Waals surface area contributed by atoms with Crippen LogP contribution in [0.15, 0.2) is 24.4 Å². The van der Waals surface area contributed by atoms with Crippen LogP contribution >= 0.6 is 0 Å². The average molecular weight is 313 g/mol. The van der Waals surface area contributed by atoms with E-state index in [1.54, 1.807) is 23.7 Å². The minimum Gasteiger partial charge on any atom is -0.476 e. The molecule has 0 aromatic carbocycles. The lowest BCUT2D eigenvalue weighted by molar-refractivity contribution is 0.0599. The van der Waals surface area contributed by atoms with Crippen LogP contribution in [0.3, 0.4) is 0 Å². The topological polar surface area (TPSA) is 66.2 Å². The van der Waals surface area contributed by atoms with Gasteiger partial charge in [0.2, 0.25) is 5.88 Å². The van der Waals surface area contributed by atoms with Crippen molar-refractivity contribution in [2.75, 3.05) is 13.7 Å². The van der Waals surface area contributed by atoms with Crippen molar-refractivity contribution < 1.29 is 14.3 Å². The summed E-state index contributed by atoms with van der Waals surface area (Å²) in [5.74, 6) is 1.59. The van der Waals surface area contributed by atoms with Gasteiger partial charge < -0.3 is 9.47 Å². The van der Waals surface area contributed by atoms with Gasteiger partial charge in [-0.2, -0.15) is 0 Å². The highest BCUT2D eigenvalue weighted by Crippen LogP contribution is 2.70. The van der Waals surface area contributed by atoms with E-state index in [9.17, 15) is 4.79 Å². The van der Waals surface area contributed by atoms with E-state index in [0.717, 1.165) is 6.61 Å². The van der Waals surface area contributed by atoms with E-state index in [4.69, 9.17) is 9.47 Å². The van der Waals surface area contributed by atoms with Gasteiger partial charge in [0.25, 0.3) is 0 Å². The van der Waals surface area contributed by atoms with Gasteiger partial charge in [0, 0.05) is 12.3 Å². The maximum Gasteiger partial charge on any atom is 0.339 e. The predicted molar refractivity (Wildman–Crippen MR) is 82.7 cm³/mol. The summed E-state index contributed by atoms with van der Waals surface area (Å²) in [5.41, 5.74) is 1.72. The SMILES string of the molecule is COC(=O)c1ccc(-n2ccc(OCC3CC34CC4)n2)nc1C. The fourth-order valence-electron chi connectivity index (χ4n) is 3.14. The zero-order valence-corrected chi connectivity index (χ0v) is 13.3. The van der Waals surface area contributed by atoms with Gasteiger partial charge in [0.15, 0.2) is 5.82 Å². The van der Waals surface area contributed by atoms with Crippen LogP contribution in [0.1, 0.15) is 35.3 Å². The van der Waals surface area contributed by atoms with Crippen LogP contribution in [0.5, 0.6) is 5.88 Å². The van der Waals surface area contributed by atoms with Gasteiger partial charge in [0.05, 0.1) is 25.0 Å². The van der Waals surface area contributed by atoms with Crippen LogP contribution < -0.4 is 4.74 Å². The molecule has 0 amide bonds. The van der Waals surface area contributed by atoms with Gasteiger partial charge in [-0.3, -0.25) is 0 Å². The van der Waals surface area contributed by atoms with Crippen molar-refractivity contribution in [1.82, 2.24) is 14.8 Å². The zero-order chi connectivity index (χ0) is 16.0. The molecule has 2 aliphatic rings. The van der Waals surface area contributed by atoms with Gasteiger partial charge in [-0.1, -0.05) is 0 Å². The molecule has 2 fully saturated rings. The molecule has 120 valence electrons. The number of methoxy groups -OCH3 is 1. The summed E-state index contributed by atoms with van der Waals surface area (Å²) < 4.78 is 12.2. The Bertz CT molecular complexity index is 764. The summed E-state index contributed by atoms with van der Waals surface area (Å²) in [7, 11) is 1.36. The van der Waals surface area contributed by atoms with Crippen LogP contribution in [0.25, 0.3) is 5.82 Å². The number of rotatable bonds is 5. The van der Waals surface area contributed by atoms with Crippen molar-refractivity contribution in [2.24, 2.45) is 11.3 Å². The Hall–Kier alpha value is -2.37. The number of carbonyl (C=O) groups is 1. The largest absolute Gasteiger partial charge is 0.476 e. The molecule has 0 bridgehead atoms. The first kappa shape index (κ1) is 14.2. The van der Waals surface area contributed by atoms with Gasteiger partial charge in [-0.05, 0) is 49.7 Å². The van der Waals surface area contributed by atoms with Crippen molar-refractivity contribution in [3.8, 4) is 11.7 Å². The second-order valence-electron chi connectivity index (χ2n) is 6.47. The van der Waals surface area contributed by atoms with Crippen LogP contribution in [0, 0.1) is 18.3 Å². The van der Waals surface area contributed by atoms with Crippen LogP contribution in [-0.4, -0.2) is 34.5 Å². The summed E-state index contributed by atoms with van der Waals surface area (Å²) in [4.78, 5) is 16.0. The first-order chi connectivity index (χ1) is 11.1. The van der Waals surface area contributed by atoms with E-state index in [-0.39, 0.29) is 5.97 Å². The number of pyridine rings is 1.